The molecular weight excluding hydrogens is 263 g/mol. The normalized spacial score (nSPS) is 16.7. The summed E-state index contributed by atoms with van der Waals surface area (Å²) in [7, 11) is 1.99. The summed E-state index contributed by atoms with van der Waals surface area (Å²) in [6.45, 7) is 2.93. The number of carbonyl (C=O) groups is 2. The smallest absolute Gasteiger partial charge is 0.315 e. The Morgan fingerprint density at radius 2 is 1.75 bits per heavy atom. The fourth-order valence-electron chi connectivity index (χ4n) is 1.85. The molecule has 0 unspecified atom stereocenters. The molecule has 0 spiro atoms. The molecule has 2 rings (SSSR count). The predicted octanol–water partition coefficient (Wildman–Crippen LogP) is 0.0428. The first-order valence-corrected chi connectivity index (χ1v) is 6.36. The maximum Gasteiger partial charge on any atom is 0.323 e. The molecule has 0 radical (unpaired) electrons. The van der Waals surface area contributed by atoms with Gasteiger partial charge in [-0.3, -0.25) is 15.0 Å². The number of amides is 2. The van der Waals surface area contributed by atoms with E-state index in [1.54, 1.807) is 11.1 Å². The van der Waals surface area contributed by atoms with Gasteiger partial charge in [-0.2, -0.15) is 0 Å². The van der Waals surface area contributed by atoms with Gasteiger partial charge >= 0.3 is 11.8 Å². The van der Waals surface area contributed by atoms with Crippen LogP contribution in [0.25, 0.3) is 0 Å². The van der Waals surface area contributed by atoms with Crippen LogP contribution in [0.2, 0.25) is 0 Å². The molecule has 0 bridgehead atoms. The lowest BCUT2D eigenvalue weighted by atomic mass is 10.3. The second-order valence-electron chi connectivity index (χ2n) is 4.67. The van der Waals surface area contributed by atoms with E-state index in [0.717, 1.165) is 13.1 Å². The van der Waals surface area contributed by atoms with Crippen LogP contribution in [-0.2, 0) is 9.59 Å². The van der Waals surface area contributed by atoms with Gasteiger partial charge in [0.05, 0.1) is 5.69 Å². The van der Waals surface area contributed by atoms with Crippen LogP contribution in [0.1, 0.15) is 0 Å². The maximum atomic E-state index is 13.4. The number of halogens is 1. The van der Waals surface area contributed by atoms with Crippen LogP contribution in [0.15, 0.2) is 24.3 Å². The Hall–Kier alpha value is -1.99. The van der Waals surface area contributed by atoms with E-state index in [4.69, 9.17) is 0 Å². The summed E-state index contributed by atoms with van der Waals surface area (Å²) in [4.78, 5) is 25.5. The lowest BCUT2D eigenvalue weighted by molar-refractivity contribution is -0.139. The van der Waals surface area contributed by atoms with Crippen LogP contribution in [0.3, 0.4) is 0 Å². The van der Waals surface area contributed by atoms with Crippen molar-refractivity contribution in [1.29, 1.82) is 0 Å². The molecule has 1 aliphatic rings. The molecule has 20 heavy (non-hydrogen) atoms. The number of para-hydroxylation sites is 1. The topological polar surface area (TPSA) is 64.7 Å². The highest BCUT2D eigenvalue weighted by Gasteiger charge is 2.20. The van der Waals surface area contributed by atoms with Gasteiger partial charge in [-0.1, -0.05) is 12.1 Å². The number of likely N-dealkylation sites (N-methyl/N-ethyl adjacent to an activating group) is 1. The van der Waals surface area contributed by atoms with E-state index in [-0.39, 0.29) is 5.69 Å². The van der Waals surface area contributed by atoms with Crippen LogP contribution in [0.5, 0.6) is 0 Å². The first-order valence-electron chi connectivity index (χ1n) is 6.36. The van der Waals surface area contributed by atoms with E-state index in [2.05, 4.69) is 15.6 Å². The van der Waals surface area contributed by atoms with Gasteiger partial charge in [-0.25, -0.2) is 9.40 Å². The fourth-order valence-corrected chi connectivity index (χ4v) is 1.85. The zero-order valence-corrected chi connectivity index (χ0v) is 11.2. The third-order valence-electron chi connectivity index (χ3n) is 3.09. The summed E-state index contributed by atoms with van der Waals surface area (Å²) < 4.78 is 13.4. The van der Waals surface area contributed by atoms with Crippen LogP contribution < -0.4 is 10.7 Å². The number of rotatable bonds is 2. The van der Waals surface area contributed by atoms with Gasteiger partial charge in [-0.05, 0) is 19.2 Å². The van der Waals surface area contributed by atoms with Crippen LogP contribution in [0.4, 0.5) is 10.1 Å². The lowest BCUT2D eigenvalue weighted by Gasteiger charge is -2.32. The van der Waals surface area contributed by atoms with Crippen molar-refractivity contribution in [2.24, 2.45) is 0 Å². The zero-order valence-electron chi connectivity index (χ0n) is 11.2. The lowest BCUT2D eigenvalue weighted by Crippen LogP contribution is -2.54. The Balaban J connectivity index is 1.86. The van der Waals surface area contributed by atoms with Crippen molar-refractivity contribution in [3.05, 3.63) is 30.1 Å². The van der Waals surface area contributed by atoms with Gasteiger partial charge in [0.2, 0.25) is 0 Å². The van der Waals surface area contributed by atoms with Gasteiger partial charge in [-0.15, -0.1) is 0 Å². The Labute approximate surface area is 116 Å². The van der Waals surface area contributed by atoms with E-state index in [1.165, 1.54) is 18.2 Å². The standard InChI is InChI=1S/C13H17FN4O2/c1-17-6-8-18(9-7-17)16-13(20)12(19)15-11-5-3-2-4-10(11)14/h2-5H,6-9H2,1H3,(H,15,19)(H,16,20). The van der Waals surface area contributed by atoms with E-state index in [9.17, 15) is 14.0 Å². The molecule has 1 fully saturated rings. The second-order valence-corrected chi connectivity index (χ2v) is 4.67. The number of hydrazine groups is 1. The Bertz CT molecular complexity index is 501. The average molecular weight is 280 g/mol. The number of hydrogen-bond donors (Lipinski definition) is 2. The summed E-state index contributed by atoms with van der Waals surface area (Å²) >= 11 is 0. The molecule has 6 nitrogen and oxygen atoms in total. The van der Waals surface area contributed by atoms with E-state index >= 15 is 0 Å². The molecule has 0 saturated carbocycles. The molecule has 0 aliphatic carbocycles. The summed E-state index contributed by atoms with van der Waals surface area (Å²) in [6.07, 6.45) is 0. The first kappa shape index (κ1) is 14.4. The molecule has 7 heteroatoms. The van der Waals surface area contributed by atoms with Crippen molar-refractivity contribution >= 4 is 17.5 Å². The number of carbonyl (C=O) groups excluding carboxylic acids is 2. The molecule has 0 atom stereocenters. The molecular formula is C13H17FN4O2. The second kappa shape index (κ2) is 6.44. The van der Waals surface area contributed by atoms with Crippen LogP contribution in [-0.4, -0.2) is 54.9 Å². The van der Waals surface area contributed by atoms with Crippen molar-refractivity contribution in [2.45, 2.75) is 0 Å². The molecule has 2 amide bonds. The third-order valence-corrected chi connectivity index (χ3v) is 3.09. The minimum absolute atomic E-state index is 0.00831. The molecule has 1 heterocycles. The number of nitrogens with zero attached hydrogens (tertiary/aromatic N) is 2. The number of benzene rings is 1. The van der Waals surface area contributed by atoms with Gasteiger partial charge in [0.1, 0.15) is 5.82 Å². The Kier molecular flexibility index (Phi) is 4.65. The highest BCUT2D eigenvalue weighted by molar-refractivity contribution is 6.39. The predicted molar refractivity (Wildman–Crippen MR) is 72.2 cm³/mol. The molecule has 2 N–H and O–H groups in total. The van der Waals surface area contributed by atoms with Crippen LogP contribution >= 0.6 is 0 Å². The average Bonchev–Trinajstić information content (AvgIpc) is 2.44. The van der Waals surface area contributed by atoms with Crippen molar-refractivity contribution < 1.29 is 14.0 Å². The molecule has 108 valence electrons. The number of nitrogens with one attached hydrogen (secondary N) is 2. The minimum atomic E-state index is -0.881. The van der Waals surface area contributed by atoms with Gasteiger partial charge < -0.3 is 10.2 Å². The molecule has 1 aromatic rings. The Morgan fingerprint density at radius 1 is 1.10 bits per heavy atom. The van der Waals surface area contributed by atoms with E-state index in [0.29, 0.717) is 13.1 Å². The quantitative estimate of drug-likeness (QED) is 0.751. The SMILES string of the molecule is CN1CCN(NC(=O)C(=O)Nc2ccccc2F)CC1. The Morgan fingerprint density at radius 3 is 2.40 bits per heavy atom. The summed E-state index contributed by atoms with van der Waals surface area (Å²) in [5, 5.41) is 3.93. The number of piperazine rings is 1. The van der Waals surface area contributed by atoms with Crippen LogP contribution in [0, 0.1) is 5.82 Å². The highest BCUT2D eigenvalue weighted by Crippen LogP contribution is 2.11. The van der Waals surface area contributed by atoms with Crippen molar-refractivity contribution in [1.82, 2.24) is 15.3 Å². The van der Waals surface area contributed by atoms with Crippen molar-refractivity contribution in [2.75, 3.05) is 38.5 Å². The number of hydrogen-bond acceptors (Lipinski definition) is 4. The van der Waals surface area contributed by atoms with Crippen molar-refractivity contribution in [3.8, 4) is 0 Å². The number of anilines is 1. The molecule has 0 aromatic heterocycles. The summed E-state index contributed by atoms with van der Waals surface area (Å²) in [6, 6.07) is 5.71. The summed E-state index contributed by atoms with van der Waals surface area (Å²) in [5.41, 5.74) is 2.50. The molecule has 1 saturated heterocycles. The monoisotopic (exact) mass is 280 g/mol. The van der Waals surface area contributed by atoms with E-state index < -0.39 is 17.6 Å². The van der Waals surface area contributed by atoms with Gasteiger partial charge in [0.25, 0.3) is 0 Å². The fraction of sp³-hybridized carbons (Fsp3) is 0.385. The highest BCUT2D eigenvalue weighted by atomic mass is 19.1. The van der Waals surface area contributed by atoms with E-state index in [1.807, 2.05) is 7.05 Å². The van der Waals surface area contributed by atoms with Crippen molar-refractivity contribution in [3.63, 3.8) is 0 Å². The first-order chi connectivity index (χ1) is 9.56. The molecule has 1 aromatic carbocycles. The summed E-state index contributed by atoms with van der Waals surface area (Å²) in [5.74, 6) is -2.25. The molecule has 1 aliphatic heterocycles. The third kappa shape index (κ3) is 3.75. The maximum absolute atomic E-state index is 13.4. The minimum Gasteiger partial charge on any atom is -0.315 e. The zero-order chi connectivity index (χ0) is 14.5. The van der Waals surface area contributed by atoms with Gasteiger partial charge in [0, 0.05) is 26.2 Å². The largest absolute Gasteiger partial charge is 0.323 e. The van der Waals surface area contributed by atoms with Gasteiger partial charge in [0.15, 0.2) is 0 Å².